The fourth-order valence-corrected chi connectivity index (χ4v) is 0.579. The van der Waals surface area contributed by atoms with E-state index in [1.54, 1.807) is 6.08 Å². The Labute approximate surface area is 68.1 Å². The number of hydrogen-bond donors (Lipinski definition) is 0. The topological polar surface area (TPSA) is 17.1 Å². The summed E-state index contributed by atoms with van der Waals surface area (Å²) in [6.45, 7) is 2.14. The van der Waals surface area contributed by atoms with Crippen molar-refractivity contribution >= 4 is 6.29 Å². The molecule has 0 aliphatic heterocycles. The van der Waals surface area contributed by atoms with Crippen molar-refractivity contribution in [2.75, 3.05) is 0 Å². The summed E-state index contributed by atoms with van der Waals surface area (Å²) in [5.74, 6) is 0. The Balaban J connectivity index is 3.42. The highest BCUT2D eigenvalue weighted by Crippen LogP contribution is 1.88. The van der Waals surface area contributed by atoms with Gasteiger partial charge in [0, 0.05) is 0 Å². The third kappa shape index (κ3) is 8.89. The van der Waals surface area contributed by atoms with Gasteiger partial charge in [0.05, 0.1) is 0 Å². The first kappa shape index (κ1) is 9.89. The molecule has 0 radical (unpaired) electrons. The highest BCUT2D eigenvalue weighted by Gasteiger charge is 1.68. The summed E-state index contributed by atoms with van der Waals surface area (Å²) in [5, 5.41) is 0. The number of unbranched alkanes of at least 4 members (excludes halogenated alkanes) is 1. The normalized spacial score (nSPS) is 12.1. The summed E-state index contributed by atoms with van der Waals surface area (Å²) < 4.78 is 0. The van der Waals surface area contributed by atoms with Crippen LogP contribution in [0.4, 0.5) is 0 Å². The molecule has 0 unspecified atom stereocenters. The molecule has 0 N–H and O–H groups in total. The SMILES string of the molecule is CCC\C=C/C=C\C=C\C=O. The van der Waals surface area contributed by atoms with E-state index < -0.39 is 0 Å². The molecule has 0 heterocycles. The first-order valence-electron chi connectivity index (χ1n) is 3.85. The Morgan fingerprint density at radius 3 is 2.27 bits per heavy atom. The van der Waals surface area contributed by atoms with Gasteiger partial charge in [-0.3, -0.25) is 4.79 Å². The number of rotatable bonds is 5. The average molecular weight is 150 g/mol. The molecule has 0 aromatic heterocycles. The van der Waals surface area contributed by atoms with Crippen LogP contribution < -0.4 is 0 Å². The molecule has 1 heteroatoms. The number of carbonyl (C=O) groups excluding carboxylic acids is 1. The maximum absolute atomic E-state index is 9.80. The third-order valence-electron chi connectivity index (χ3n) is 1.11. The van der Waals surface area contributed by atoms with Crippen LogP contribution in [0.3, 0.4) is 0 Å². The fourth-order valence-electron chi connectivity index (χ4n) is 0.579. The van der Waals surface area contributed by atoms with Gasteiger partial charge in [-0.15, -0.1) is 0 Å². The highest BCUT2D eigenvalue weighted by molar-refractivity contribution is 5.65. The Kier molecular flexibility index (Phi) is 7.99. The molecule has 11 heavy (non-hydrogen) atoms. The molecular formula is C10H14O. The molecule has 60 valence electrons. The van der Waals surface area contributed by atoms with E-state index in [1.165, 1.54) is 12.5 Å². The molecule has 0 saturated heterocycles. The van der Waals surface area contributed by atoms with Crippen LogP contribution >= 0.6 is 0 Å². The average Bonchev–Trinajstić information content (AvgIpc) is 2.03. The van der Waals surface area contributed by atoms with Crippen molar-refractivity contribution < 1.29 is 4.79 Å². The van der Waals surface area contributed by atoms with Gasteiger partial charge in [0.25, 0.3) is 0 Å². The van der Waals surface area contributed by atoms with Crippen LogP contribution in [-0.2, 0) is 4.79 Å². The molecule has 0 aromatic carbocycles. The van der Waals surface area contributed by atoms with Gasteiger partial charge in [-0.2, -0.15) is 0 Å². The Morgan fingerprint density at radius 1 is 1.00 bits per heavy atom. The van der Waals surface area contributed by atoms with E-state index in [4.69, 9.17) is 0 Å². The minimum absolute atomic E-state index is 0.764. The zero-order valence-electron chi connectivity index (χ0n) is 6.86. The van der Waals surface area contributed by atoms with Gasteiger partial charge in [-0.05, 0) is 12.5 Å². The second-order valence-corrected chi connectivity index (χ2v) is 2.12. The first-order chi connectivity index (χ1) is 5.41. The van der Waals surface area contributed by atoms with E-state index >= 15 is 0 Å². The van der Waals surface area contributed by atoms with Crippen molar-refractivity contribution in [3.8, 4) is 0 Å². The van der Waals surface area contributed by atoms with Gasteiger partial charge >= 0.3 is 0 Å². The molecule has 0 fully saturated rings. The summed E-state index contributed by atoms with van der Waals surface area (Å²) in [6, 6.07) is 0. The van der Waals surface area contributed by atoms with Gasteiger partial charge < -0.3 is 0 Å². The van der Waals surface area contributed by atoms with E-state index in [0.717, 1.165) is 12.7 Å². The molecule has 0 atom stereocenters. The van der Waals surface area contributed by atoms with Gasteiger partial charge in [0.2, 0.25) is 0 Å². The highest BCUT2D eigenvalue weighted by atomic mass is 16.1. The Hall–Kier alpha value is -1.11. The molecule has 0 aliphatic carbocycles. The van der Waals surface area contributed by atoms with Gasteiger partial charge in [0.1, 0.15) is 6.29 Å². The van der Waals surface area contributed by atoms with Gasteiger partial charge in [-0.1, -0.05) is 43.7 Å². The van der Waals surface area contributed by atoms with Crippen LogP contribution in [0.5, 0.6) is 0 Å². The lowest BCUT2D eigenvalue weighted by Gasteiger charge is -1.78. The zero-order chi connectivity index (χ0) is 8.36. The lowest BCUT2D eigenvalue weighted by atomic mass is 10.3. The summed E-state index contributed by atoms with van der Waals surface area (Å²) in [6.07, 6.45) is 14.1. The Morgan fingerprint density at radius 2 is 1.64 bits per heavy atom. The van der Waals surface area contributed by atoms with Crippen LogP contribution in [0, 0.1) is 0 Å². The second kappa shape index (κ2) is 8.89. The van der Waals surface area contributed by atoms with Crippen LogP contribution in [0.2, 0.25) is 0 Å². The van der Waals surface area contributed by atoms with Gasteiger partial charge in [-0.25, -0.2) is 0 Å². The Bertz CT molecular complexity index is 164. The van der Waals surface area contributed by atoms with Crippen molar-refractivity contribution in [1.82, 2.24) is 0 Å². The van der Waals surface area contributed by atoms with Crippen molar-refractivity contribution in [1.29, 1.82) is 0 Å². The number of carbonyl (C=O) groups is 1. The number of hydrogen-bond acceptors (Lipinski definition) is 1. The number of allylic oxidation sites excluding steroid dienone is 6. The summed E-state index contributed by atoms with van der Waals surface area (Å²) in [7, 11) is 0. The van der Waals surface area contributed by atoms with Crippen LogP contribution in [-0.4, -0.2) is 6.29 Å². The minimum Gasteiger partial charge on any atom is -0.299 e. The van der Waals surface area contributed by atoms with Crippen molar-refractivity contribution in [2.45, 2.75) is 19.8 Å². The molecule has 0 aliphatic rings. The minimum atomic E-state index is 0.764. The van der Waals surface area contributed by atoms with Crippen LogP contribution in [0.1, 0.15) is 19.8 Å². The molecule has 0 amide bonds. The van der Waals surface area contributed by atoms with Gasteiger partial charge in [0.15, 0.2) is 0 Å². The summed E-state index contributed by atoms with van der Waals surface area (Å²) >= 11 is 0. The van der Waals surface area contributed by atoms with Crippen LogP contribution in [0.15, 0.2) is 36.5 Å². The predicted molar refractivity (Wildman–Crippen MR) is 48.4 cm³/mol. The lowest BCUT2D eigenvalue weighted by Crippen LogP contribution is -1.59. The smallest absolute Gasteiger partial charge is 0.142 e. The number of aldehydes is 1. The maximum Gasteiger partial charge on any atom is 0.142 e. The third-order valence-corrected chi connectivity index (χ3v) is 1.11. The fraction of sp³-hybridized carbons (Fsp3) is 0.300. The van der Waals surface area contributed by atoms with Crippen molar-refractivity contribution in [3.05, 3.63) is 36.5 Å². The van der Waals surface area contributed by atoms with E-state index in [9.17, 15) is 4.79 Å². The van der Waals surface area contributed by atoms with E-state index in [2.05, 4.69) is 13.0 Å². The van der Waals surface area contributed by atoms with Crippen molar-refractivity contribution in [2.24, 2.45) is 0 Å². The molecule has 0 rings (SSSR count). The summed E-state index contributed by atoms with van der Waals surface area (Å²) in [5.41, 5.74) is 0. The zero-order valence-corrected chi connectivity index (χ0v) is 6.86. The van der Waals surface area contributed by atoms with Crippen LogP contribution in [0.25, 0.3) is 0 Å². The van der Waals surface area contributed by atoms with Crippen molar-refractivity contribution in [3.63, 3.8) is 0 Å². The summed E-state index contributed by atoms with van der Waals surface area (Å²) in [4.78, 5) is 9.80. The van der Waals surface area contributed by atoms with E-state index in [0.29, 0.717) is 0 Å². The maximum atomic E-state index is 9.80. The predicted octanol–water partition coefficient (Wildman–Crippen LogP) is 2.65. The lowest BCUT2D eigenvalue weighted by molar-refractivity contribution is -0.104. The van der Waals surface area contributed by atoms with E-state index in [-0.39, 0.29) is 0 Å². The molecule has 0 bridgehead atoms. The standard InChI is InChI=1S/C10H14O/c1-2-3-4-5-6-7-8-9-10-11/h4-10H,2-3H2,1H3/b5-4-,7-6-,9-8+. The second-order valence-electron chi connectivity index (χ2n) is 2.12. The molecule has 0 saturated carbocycles. The molecule has 0 aromatic rings. The molecule has 0 spiro atoms. The quantitative estimate of drug-likeness (QED) is 0.334. The first-order valence-corrected chi connectivity index (χ1v) is 3.85. The monoisotopic (exact) mass is 150 g/mol. The molecule has 1 nitrogen and oxygen atoms in total. The molecular weight excluding hydrogens is 136 g/mol. The largest absolute Gasteiger partial charge is 0.299 e. The van der Waals surface area contributed by atoms with E-state index in [1.807, 2.05) is 18.2 Å².